The molecule has 8 nitrogen and oxygen atoms in total. The van der Waals surface area contributed by atoms with Gasteiger partial charge in [-0.2, -0.15) is 4.52 Å². The van der Waals surface area contributed by atoms with Crippen LogP contribution in [0.5, 0.6) is 5.75 Å². The van der Waals surface area contributed by atoms with Gasteiger partial charge in [0.15, 0.2) is 11.5 Å². The van der Waals surface area contributed by atoms with Crippen LogP contribution < -0.4 is 15.0 Å². The zero-order valence-electron chi connectivity index (χ0n) is 18.5. The maximum absolute atomic E-state index is 12.6. The zero-order valence-corrected chi connectivity index (χ0v) is 18.5. The fourth-order valence-corrected chi connectivity index (χ4v) is 4.23. The highest BCUT2D eigenvalue weighted by Gasteiger charge is 2.23. The third kappa shape index (κ3) is 4.64. The second-order valence-electron chi connectivity index (χ2n) is 8.23. The molecule has 1 aliphatic rings. The summed E-state index contributed by atoms with van der Waals surface area (Å²) in [5.74, 6) is 2.39. The fourth-order valence-electron chi connectivity index (χ4n) is 4.23. The molecule has 0 saturated carbocycles. The predicted molar refractivity (Wildman–Crippen MR) is 126 cm³/mol. The molecule has 1 unspecified atom stereocenters. The number of methoxy groups -OCH3 is 1. The highest BCUT2D eigenvalue weighted by atomic mass is 16.5. The summed E-state index contributed by atoms with van der Waals surface area (Å²) in [6.45, 7) is 1.61. The summed E-state index contributed by atoms with van der Waals surface area (Å²) in [5, 5.41) is 16.6. The summed E-state index contributed by atoms with van der Waals surface area (Å²) in [4.78, 5) is 14.8. The number of carbonyl (C=O) groups is 1. The van der Waals surface area contributed by atoms with E-state index in [9.17, 15) is 4.79 Å². The van der Waals surface area contributed by atoms with Crippen LogP contribution in [0.15, 0.2) is 66.7 Å². The van der Waals surface area contributed by atoms with Crippen LogP contribution in [0.4, 0.5) is 5.82 Å². The normalized spacial score (nSPS) is 16.0. The van der Waals surface area contributed by atoms with Crippen molar-refractivity contribution in [2.45, 2.75) is 25.3 Å². The van der Waals surface area contributed by atoms with Crippen LogP contribution in [0.25, 0.3) is 17.0 Å². The van der Waals surface area contributed by atoms with Gasteiger partial charge in [-0.05, 0) is 42.7 Å². The van der Waals surface area contributed by atoms with Gasteiger partial charge >= 0.3 is 0 Å². The Hall–Kier alpha value is -3.94. The lowest BCUT2D eigenvalue weighted by molar-refractivity contribution is -0.121. The molecule has 0 spiro atoms. The van der Waals surface area contributed by atoms with E-state index in [-0.39, 0.29) is 11.9 Å². The minimum absolute atomic E-state index is 0.0283. The molecule has 5 rings (SSSR count). The molecular weight excluding hydrogens is 416 g/mol. The molecule has 1 atom stereocenters. The van der Waals surface area contributed by atoms with Crippen molar-refractivity contribution in [3.05, 3.63) is 72.3 Å². The van der Waals surface area contributed by atoms with E-state index < -0.39 is 0 Å². The van der Waals surface area contributed by atoms with Gasteiger partial charge in [-0.1, -0.05) is 42.5 Å². The molecule has 168 valence electrons. The van der Waals surface area contributed by atoms with Gasteiger partial charge < -0.3 is 15.0 Å². The van der Waals surface area contributed by atoms with Crippen molar-refractivity contribution in [1.82, 2.24) is 25.1 Å². The maximum atomic E-state index is 12.6. The molecule has 8 heteroatoms. The standard InChI is InChI=1S/C25H26N6O2/c1-33-21-11-9-18(10-12-21)16-24(32)26-20-8-5-15-30(17-20)23-14-13-22-27-28-25(31(22)29-23)19-6-3-2-4-7-19/h2-4,6-7,9-14,20H,5,8,15-17H2,1H3,(H,26,32). The molecule has 1 saturated heterocycles. The number of hydrogen-bond acceptors (Lipinski definition) is 6. The van der Waals surface area contributed by atoms with Gasteiger partial charge in [0.05, 0.1) is 13.5 Å². The number of hydrogen-bond donors (Lipinski definition) is 1. The van der Waals surface area contributed by atoms with Crippen molar-refractivity contribution in [1.29, 1.82) is 0 Å². The smallest absolute Gasteiger partial charge is 0.224 e. The quantitative estimate of drug-likeness (QED) is 0.494. The van der Waals surface area contributed by atoms with Crippen LogP contribution in [-0.2, 0) is 11.2 Å². The molecule has 1 N–H and O–H groups in total. The molecular formula is C25H26N6O2. The molecule has 1 amide bonds. The molecule has 1 aliphatic heterocycles. The second-order valence-corrected chi connectivity index (χ2v) is 8.23. The average molecular weight is 443 g/mol. The first-order valence-corrected chi connectivity index (χ1v) is 11.1. The Bertz CT molecular complexity index is 1240. The third-order valence-corrected chi connectivity index (χ3v) is 5.91. The van der Waals surface area contributed by atoms with Crippen molar-refractivity contribution < 1.29 is 9.53 Å². The first-order chi connectivity index (χ1) is 16.2. The lowest BCUT2D eigenvalue weighted by atomic mass is 10.0. The topological polar surface area (TPSA) is 84.6 Å². The van der Waals surface area contributed by atoms with E-state index in [4.69, 9.17) is 9.84 Å². The number of piperidine rings is 1. The summed E-state index contributed by atoms with van der Waals surface area (Å²) in [6.07, 6.45) is 2.29. The number of carbonyl (C=O) groups excluding carboxylic acids is 1. The molecule has 3 heterocycles. The van der Waals surface area contributed by atoms with Crippen molar-refractivity contribution >= 4 is 17.4 Å². The summed E-state index contributed by atoms with van der Waals surface area (Å²) in [5.41, 5.74) is 2.64. The van der Waals surface area contributed by atoms with Gasteiger partial charge in [0, 0.05) is 24.7 Å². The van der Waals surface area contributed by atoms with Gasteiger partial charge in [-0.15, -0.1) is 15.3 Å². The summed E-state index contributed by atoms with van der Waals surface area (Å²) in [7, 11) is 1.63. The minimum Gasteiger partial charge on any atom is -0.497 e. The maximum Gasteiger partial charge on any atom is 0.224 e. The van der Waals surface area contributed by atoms with Gasteiger partial charge in [0.2, 0.25) is 5.91 Å². The number of anilines is 1. The predicted octanol–water partition coefficient (Wildman–Crippen LogP) is 3.13. The van der Waals surface area contributed by atoms with E-state index in [1.54, 1.807) is 11.6 Å². The summed E-state index contributed by atoms with van der Waals surface area (Å²) >= 11 is 0. The van der Waals surface area contributed by atoms with E-state index in [1.807, 2.05) is 66.7 Å². The van der Waals surface area contributed by atoms with Crippen LogP contribution in [-0.4, -0.2) is 52.0 Å². The Balaban J connectivity index is 1.27. The Morgan fingerprint density at radius 2 is 1.88 bits per heavy atom. The van der Waals surface area contributed by atoms with Crippen molar-refractivity contribution in [3.8, 4) is 17.1 Å². The molecule has 1 fully saturated rings. The first-order valence-electron chi connectivity index (χ1n) is 11.1. The van der Waals surface area contributed by atoms with Gasteiger partial charge in [-0.3, -0.25) is 4.79 Å². The number of nitrogens with one attached hydrogen (secondary N) is 1. The highest BCUT2D eigenvalue weighted by Crippen LogP contribution is 2.22. The van der Waals surface area contributed by atoms with Crippen LogP contribution >= 0.6 is 0 Å². The number of benzene rings is 2. The lowest BCUT2D eigenvalue weighted by Gasteiger charge is -2.33. The summed E-state index contributed by atoms with van der Waals surface area (Å²) < 4.78 is 6.97. The fraction of sp³-hybridized carbons (Fsp3) is 0.280. The van der Waals surface area contributed by atoms with E-state index in [1.165, 1.54) is 0 Å². The third-order valence-electron chi connectivity index (χ3n) is 5.91. The Labute approximate surface area is 192 Å². The van der Waals surface area contributed by atoms with E-state index in [0.29, 0.717) is 17.9 Å². The second kappa shape index (κ2) is 9.28. The molecule has 0 aliphatic carbocycles. The SMILES string of the molecule is COc1ccc(CC(=O)NC2CCCN(c3ccc4nnc(-c5ccccc5)n4n3)C2)cc1. The number of amides is 1. The van der Waals surface area contributed by atoms with Gasteiger partial charge in [0.1, 0.15) is 11.6 Å². The van der Waals surface area contributed by atoms with Crippen LogP contribution in [0.2, 0.25) is 0 Å². The van der Waals surface area contributed by atoms with Crippen LogP contribution in [0.1, 0.15) is 18.4 Å². The summed E-state index contributed by atoms with van der Waals surface area (Å²) in [6, 6.07) is 21.5. The molecule has 2 aromatic heterocycles. The van der Waals surface area contributed by atoms with Gasteiger partial charge in [-0.25, -0.2) is 0 Å². The lowest BCUT2D eigenvalue weighted by Crippen LogP contribution is -2.48. The molecule has 0 radical (unpaired) electrons. The first kappa shape index (κ1) is 20.9. The largest absolute Gasteiger partial charge is 0.497 e. The number of rotatable bonds is 6. The zero-order chi connectivity index (χ0) is 22.6. The van der Waals surface area contributed by atoms with Crippen molar-refractivity contribution in [2.24, 2.45) is 0 Å². The monoisotopic (exact) mass is 442 g/mol. The number of fused-ring (bicyclic) bond motifs is 1. The van der Waals surface area contributed by atoms with E-state index in [0.717, 1.165) is 48.6 Å². The molecule has 0 bridgehead atoms. The Kier molecular flexibility index (Phi) is 5.89. The van der Waals surface area contributed by atoms with Crippen LogP contribution in [0, 0.1) is 0 Å². The average Bonchev–Trinajstić information content (AvgIpc) is 3.28. The molecule has 33 heavy (non-hydrogen) atoms. The van der Waals surface area contributed by atoms with Gasteiger partial charge in [0.25, 0.3) is 0 Å². The molecule has 2 aromatic carbocycles. The highest BCUT2D eigenvalue weighted by molar-refractivity contribution is 5.79. The Morgan fingerprint density at radius 1 is 1.06 bits per heavy atom. The number of aromatic nitrogens is 4. The van der Waals surface area contributed by atoms with Crippen molar-refractivity contribution in [3.63, 3.8) is 0 Å². The van der Waals surface area contributed by atoms with Crippen LogP contribution in [0.3, 0.4) is 0 Å². The number of nitrogens with zero attached hydrogens (tertiary/aromatic N) is 5. The molecule has 4 aromatic rings. The number of ether oxygens (including phenoxy) is 1. The van der Waals surface area contributed by atoms with E-state index in [2.05, 4.69) is 20.4 Å². The van der Waals surface area contributed by atoms with Crippen molar-refractivity contribution in [2.75, 3.05) is 25.1 Å². The Morgan fingerprint density at radius 3 is 2.67 bits per heavy atom. The minimum atomic E-state index is 0.0283. The van der Waals surface area contributed by atoms with E-state index >= 15 is 0 Å².